The lowest BCUT2D eigenvalue weighted by Gasteiger charge is -2.27. The molecule has 2 fully saturated rings. The highest BCUT2D eigenvalue weighted by Gasteiger charge is 2.46. The molecular weight excluding hydrogens is 534 g/mol. The van der Waals surface area contributed by atoms with Crippen molar-refractivity contribution in [2.45, 2.75) is 55.9 Å². The number of halogens is 1. The Kier molecular flexibility index (Phi) is 8.11. The summed E-state index contributed by atoms with van der Waals surface area (Å²) in [4.78, 5) is 39.7. The standard InChI is InChI=1S/C24H30ClN7O7/c25-13-5-4-12(18(35)19(13)36)23(38)30-16-20(37)14(9-33)39-24(16)32-11-29-17-21(27-10-28-22(17)32)26-6-2-8-31-7-1-3-15(31)34/h4-5,10-11,14,16,18-20,24,33,35-37H,1-3,6-9H2,(H,30,38)(H,26,27,28)/t14-,16-,18?,19?,20-,24-/m1/s1. The van der Waals surface area contributed by atoms with E-state index in [4.69, 9.17) is 16.3 Å². The molecule has 2 amide bonds. The first-order chi connectivity index (χ1) is 18.8. The number of likely N-dealkylation sites (tertiary alicyclic amines) is 1. The number of amides is 2. The number of fused-ring (bicyclic) bond motifs is 1. The third-order valence-corrected chi connectivity index (χ3v) is 7.48. The van der Waals surface area contributed by atoms with Crippen LogP contribution in [0.4, 0.5) is 5.82 Å². The van der Waals surface area contributed by atoms with Gasteiger partial charge in [-0.1, -0.05) is 11.6 Å². The number of nitrogens with zero attached hydrogens (tertiary/aromatic N) is 5. The van der Waals surface area contributed by atoms with Crippen molar-refractivity contribution in [3.8, 4) is 0 Å². The number of hydrogen-bond donors (Lipinski definition) is 6. The fraction of sp³-hybridized carbons (Fsp3) is 0.542. The van der Waals surface area contributed by atoms with Gasteiger partial charge >= 0.3 is 0 Å². The predicted octanol–water partition coefficient (Wildman–Crippen LogP) is -1.23. The molecule has 3 aliphatic rings. The number of aliphatic hydroxyl groups excluding tert-OH is 4. The average molecular weight is 564 g/mol. The lowest BCUT2D eigenvalue weighted by molar-refractivity contribution is -0.127. The summed E-state index contributed by atoms with van der Waals surface area (Å²) >= 11 is 5.84. The van der Waals surface area contributed by atoms with Crippen LogP contribution in [0.15, 0.2) is 35.4 Å². The molecular formula is C24H30ClN7O7. The Balaban J connectivity index is 1.33. The fourth-order valence-corrected chi connectivity index (χ4v) is 5.19. The summed E-state index contributed by atoms with van der Waals surface area (Å²) in [6, 6.07) is -1.07. The van der Waals surface area contributed by atoms with E-state index in [-0.39, 0.29) is 16.5 Å². The summed E-state index contributed by atoms with van der Waals surface area (Å²) in [5.41, 5.74) is 0.642. The van der Waals surface area contributed by atoms with Crippen LogP contribution < -0.4 is 10.6 Å². The second-order valence-corrected chi connectivity index (χ2v) is 10.0. The Bertz CT molecular complexity index is 1300. The van der Waals surface area contributed by atoms with E-state index < -0.39 is 49.2 Å². The van der Waals surface area contributed by atoms with Gasteiger partial charge in [0.25, 0.3) is 0 Å². The Morgan fingerprint density at radius 1 is 1.18 bits per heavy atom. The lowest BCUT2D eigenvalue weighted by atomic mass is 9.97. The van der Waals surface area contributed by atoms with Gasteiger partial charge in [0, 0.05) is 36.7 Å². The van der Waals surface area contributed by atoms with Gasteiger partial charge in [0.1, 0.15) is 36.8 Å². The van der Waals surface area contributed by atoms with Crippen LogP contribution in [-0.4, -0.2) is 113 Å². The molecule has 0 spiro atoms. The quantitative estimate of drug-likeness (QED) is 0.200. The summed E-state index contributed by atoms with van der Waals surface area (Å²) in [6.45, 7) is 1.47. The number of anilines is 1. The highest BCUT2D eigenvalue weighted by molar-refractivity contribution is 6.30. The van der Waals surface area contributed by atoms with Crippen molar-refractivity contribution in [3.63, 3.8) is 0 Å². The largest absolute Gasteiger partial charge is 0.394 e. The Morgan fingerprint density at radius 3 is 2.74 bits per heavy atom. The van der Waals surface area contributed by atoms with Crippen LogP contribution in [0.25, 0.3) is 11.2 Å². The van der Waals surface area contributed by atoms with Crippen LogP contribution in [0.1, 0.15) is 25.5 Å². The monoisotopic (exact) mass is 563 g/mol. The number of imidazole rings is 1. The van der Waals surface area contributed by atoms with E-state index in [1.165, 1.54) is 29.4 Å². The molecule has 4 heterocycles. The van der Waals surface area contributed by atoms with Gasteiger partial charge < -0.3 is 40.7 Å². The van der Waals surface area contributed by atoms with Gasteiger partial charge in [-0.2, -0.15) is 0 Å². The average Bonchev–Trinajstić information content (AvgIpc) is 3.62. The van der Waals surface area contributed by atoms with Crippen molar-refractivity contribution in [3.05, 3.63) is 35.4 Å². The zero-order valence-electron chi connectivity index (χ0n) is 20.9. The van der Waals surface area contributed by atoms with Gasteiger partial charge in [-0.05, 0) is 25.0 Å². The molecule has 15 heteroatoms. The molecule has 2 aromatic rings. The maximum Gasteiger partial charge on any atom is 0.250 e. The summed E-state index contributed by atoms with van der Waals surface area (Å²) in [6.07, 6.45) is 1.22. The number of hydrogen-bond acceptors (Lipinski definition) is 11. The van der Waals surface area contributed by atoms with Crippen LogP contribution in [0.5, 0.6) is 0 Å². The second kappa shape index (κ2) is 11.5. The first-order valence-electron chi connectivity index (χ1n) is 12.7. The Hall–Kier alpha value is -3.14. The fourth-order valence-electron chi connectivity index (χ4n) is 5.01. The molecule has 2 unspecified atom stereocenters. The van der Waals surface area contributed by atoms with Gasteiger partial charge in [0.15, 0.2) is 23.2 Å². The molecule has 39 heavy (non-hydrogen) atoms. The molecule has 14 nitrogen and oxygen atoms in total. The second-order valence-electron chi connectivity index (χ2n) is 9.61. The molecule has 0 saturated carbocycles. The van der Waals surface area contributed by atoms with E-state index in [2.05, 4.69) is 25.6 Å². The molecule has 5 rings (SSSR count). The molecule has 210 valence electrons. The van der Waals surface area contributed by atoms with Crippen molar-refractivity contribution < 1.29 is 34.8 Å². The smallest absolute Gasteiger partial charge is 0.250 e. The number of aromatic nitrogens is 4. The van der Waals surface area contributed by atoms with E-state index in [1.54, 1.807) is 0 Å². The van der Waals surface area contributed by atoms with Crippen molar-refractivity contribution in [1.29, 1.82) is 0 Å². The molecule has 2 saturated heterocycles. The van der Waals surface area contributed by atoms with Gasteiger partial charge in [0.2, 0.25) is 11.8 Å². The first kappa shape index (κ1) is 27.4. The number of carbonyl (C=O) groups is 2. The van der Waals surface area contributed by atoms with E-state index >= 15 is 0 Å². The maximum absolute atomic E-state index is 13.0. The molecule has 0 bridgehead atoms. The van der Waals surface area contributed by atoms with Crippen LogP contribution in [0, 0.1) is 0 Å². The molecule has 2 aliphatic heterocycles. The Labute approximate surface area is 228 Å². The summed E-state index contributed by atoms with van der Waals surface area (Å²) in [5, 5.41) is 46.7. The molecule has 6 N–H and O–H groups in total. The van der Waals surface area contributed by atoms with Crippen LogP contribution in [-0.2, 0) is 14.3 Å². The topological polar surface area (TPSA) is 195 Å². The van der Waals surface area contributed by atoms with Crippen LogP contribution in [0.2, 0.25) is 0 Å². The van der Waals surface area contributed by atoms with Crippen LogP contribution >= 0.6 is 11.6 Å². The molecule has 2 aromatic heterocycles. The van der Waals surface area contributed by atoms with Gasteiger partial charge in [0.05, 0.1) is 12.9 Å². The van der Waals surface area contributed by atoms with E-state index in [9.17, 15) is 30.0 Å². The van der Waals surface area contributed by atoms with Crippen LogP contribution in [0.3, 0.4) is 0 Å². The number of carbonyl (C=O) groups excluding carboxylic acids is 2. The minimum absolute atomic E-state index is 0.0139. The first-order valence-corrected chi connectivity index (χ1v) is 13.1. The third kappa shape index (κ3) is 5.35. The van der Waals surface area contributed by atoms with E-state index in [0.717, 1.165) is 19.4 Å². The van der Waals surface area contributed by atoms with Gasteiger partial charge in [-0.25, -0.2) is 15.0 Å². The predicted molar refractivity (Wildman–Crippen MR) is 137 cm³/mol. The minimum atomic E-state index is -1.56. The maximum atomic E-state index is 13.0. The van der Waals surface area contributed by atoms with Gasteiger partial charge in [-0.15, -0.1) is 0 Å². The molecule has 6 atom stereocenters. The number of allylic oxidation sites excluding steroid dienone is 2. The number of nitrogens with one attached hydrogen (secondary N) is 2. The summed E-state index contributed by atoms with van der Waals surface area (Å²) in [7, 11) is 0. The summed E-state index contributed by atoms with van der Waals surface area (Å²) < 4.78 is 7.39. The zero-order chi connectivity index (χ0) is 27.7. The number of rotatable bonds is 9. The van der Waals surface area contributed by atoms with Gasteiger partial charge in [-0.3, -0.25) is 14.2 Å². The third-order valence-electron chi connectivity index (χ3n) is 7.13. The minimum Gasteiger partial charge on any atom is -0.394 e. The normalized spacial score (nSPS) is 29.1. The highest BCUT2D eigenvalue weighted by Crippen LogP contribution is 2.33. The zero-order valence-corrected chi connectivity index (χ0v) is 21.6. The number of ether oxygens (including phenoxy) is 1. The SMILES string of the molecule is O=C(N[C@@H]1[C@H](O)[C@@H](CO)O[C@H]1n1cnc2c(NCCCN3CCCC3=O)ncnc21)C1=CC=C(Cl)C(O)C1O. The van der Waals surface area contributed by atoms with E-state index in [0.29, 0.717) is 36.5 Å². The molecule has 0 radical (unpaired) electrons. The summed E-state index contributed by atoms with van der Waals surface area (Å²) in [5.74, 6) is -0.112. The Morgan fingerprint density at radius 2 is 2.00 bits per heavy atom. The van der Waals surface area contributed by atoms with Crippen molar-refractivity contribution in [2.75, 3.05) is 31.6 Å². The van der Waals surface area contributed by atoms with E-state index in [1.807, 2.05) is 4.90 Å². The van der Waals surface area contributed by atoms with Crippen molar-refractivity contribution >= 4 is 40.4 Å². The lowest BCUT2D eigenvalue weighted by Crippen LogP contribution is -2.49. The highest BCUT2D eigenvalue weighted by atomic mass is 35.5. The number of aliphatic hydroxyl groups is 4. The van der Waals surface area contributed by atoms with Crippen molar-refractivity contribution in [2.24, 2.45) is 0 Å². The molecule has 1 aliphatic carbocycles. The molecule has 0 aromatic carbocycles. The van der Waals surface area contributed by atoms with Crippen molar-refractivity contribution in [1.82, 2.24) is 29.7 Å².